The third-order valence-electron chi connectivity index (χ3n) is 4.64. The summed E-state index contributed by atoms with van der Waals surface area (Å²) in [6.45, 7) is 5.59. The Balaban J connectivity index is 1.78. The van der Waals surface area contributed by atoms with Crippen molar-refractivity contribution in [1.82, 2.24) is 15.0 Å². The molecule has 2 N–H and O–H groups in total. The van der Waals surface area contributed by atoms with E-state index in [2.05, 4.69) is 10.5 Å². The Bertz CT molecular complexity index is 790. The minimum absolute atomic E-state index is 0.0871. The number of aromatic nitrogens is 2. The van der Waals surface area contributed by atoms with Crippen LogP contribution in [0, 0.1) is 26.7 Å². The molecule has 1 aliphatic rings. The van der Waals surface area contributed by atoms with E-state index in [0.29, 0.717) is 36.4 Å². The standard InChI is InChI=1S/C17H21N3O4/c1-9-6-14(11(3)20(9)15-7-10(2)24-19-15)16(21)18-13-5-4-12(8-13)17(22)23/h6-7,12-13H,4-5,8H2,1-3H3,(H,18,21)(H,22,23)/t12-,13+/m1/s1. The molecule has 24 heavy (non-hydrogen) atoms. The van der Waals surface area contributed by atoms with Crippen molar-refractivity contribution in [2.45, 2.75) is 46.1 Å². The number of hydrogen-bond acceptors (Lipinski definition) is 4. The Morgan fingerprint density at radius 2 is 2.04 bits per heavy atom. The second kappa shape index (κ2) is 6.14. The number of amides is 1. The monoisotopic (exact) mass is 331 g/mol. The molecular formula is C17H21N3O4. The third kappa shape index (κ3) is 2.93. The first-order chi connectivity index (χ1) is 11.4. The quantitative estimate of drug-likeness (QED) is 0.896. The normalized spacial score (nSPS) is 20.3. The maximum Gasteiger partial charge on any atom is 0.306 e. The van der Waals surface area contributed by atoms with E-state index in [9.17, 15) is 9.59 Å². The predicted octanol–water partition coefficient (Wildman–Crippen LogP) is 2.37. The molecule has 3 rings (SSSR count). The molecule has 7 heteroatoms. The Kier molecular flexibility index (Phi) is 4.17. The highest BCUT2D eigenvalue weighted by molar-refractivity contribution is 5.96. The highest BCUT2D eigenvalue weighted by Gasteiger charge is 2.31. The molecule has 2 aromatic rings. The molecule has 0 bridgehead atoms. The highest BCUT2D eigenvalue weighted by Crippen LogP contribution is 2.27. The summed E-state index contributed by atoms with van der Waals surface area (Å²) in [6, 6.07) is 3.55. The van der Waals surface area contributed by atoms with Gasteiger partial charge in [-0.3, -0.25) is 14.2 Å². The van der Waals surface area contributed by atoms with E-state index < -0.39 is 5.97 Å². The fourth-order valence-corrected chi connectivity index (χ4v) is 3.40. The number of carbonyl (C=O) groups excluding carboxylic acids is 1. The summed E-state index contributed by atoms with van der Waals surface area (Å²) in [5.74, 6) is 0.0281. The second-order valence-electron chi connectivity index (χ2n) is 6.43. The predicted molar refractivity (Wildman–Crippen MR) is 86.3 cm³/mol. The van der Waals surface area contributed by atoms with Gasteiger partial charge in [0, 0.05) is 23.5 Å². The zero-order valence-electron chi connectivity index (χ0n) is 14.0. The van der Waals surface area contributed by atoms with E-state index in [1.807, 2.05) is 37.5 Å². The zero-order valence-corrected chi connectivity index (χ0v) is 14.0. The van der Waals surface area contributed by atoms with Gasteiger partial charge in [-0.15, -0.1) is 0 Å². The number of hydrogen-bond donors (Lipinski definition) is 2. The maximum atomic E-state index is 12.6. The van der Waals surface area contributed by atoms with Crippen molar-refractivity contribution in [3.8, 4) is 5.82 Å². The van der Waals surface area contributed by atoms with Gasteiger partial charge in [0.2, 0.25) is 0 Å². The van der Waals surface area contributed by atoms with E-state index >= 15 is 0 Å². The van der Waals surface area contributed by atoms with Crippen molar-refractivity contribution >= 4 is 11.9 Å². The minimum Gasteiger partial charge on any atom is -0.481 e. The molecule has 2 aromatic heterocycles. The van der Waals surface area contributed by atoms with Gasteiger partial charge in [0.1, 0.15) is 5.76 Å². The number of aliphatic carboxylic acids is 1. The van der Waals surface area contributed by atoms with Crippen LogP contribution in [0.15, 0.2) is 16.7 Å². The lowest BCUT2D eigenvalue weighted by Crippen LogP contribution is -2.33. The van der Waals surface area contributed by atoms with Crippen molar-refractivity contribution in [1.29, 1.82) is 0 Å². The van der Waals surface area contributed by atoms with Crippen LogP contribution in [-0.4, -0.2) is 32.7 Å². The van der Waals surface area contributed by atoms with Crippen LogP contribution < -0.4 is 5.32 Å². The summed E-state index contributed by atoms with van der Waals surface area (Å²) in [5, 5.41) is 16.0. The first-order valence-electron chi connectivity index (χ1n) is 8.03. The van der Waals surface area contributed by atoms with Crippen molar-refractivity contribution in [3.05, 3.63) is 34.8 Å². The van der Waals surface area contributed by atoms with Gasteiger partial charge in [0.05, 0.1) is 11.5 Å². The number of aryl methyl sites for hydroxylation is 2. The smallest absolute Gasteiger partial charge is 0.306 e. The van der Waals surface area contributed by atoms with Crippen LogP contribution in [-0.2, 0) is 4.79 Å². The van der Waals surface area contributed by atoms with Crippen molar-refractivity contribution < 1.29 is 19.2 Å². The lowest BCUT2D eigenvalue weighted by Gasteiger charge is -2.12. The number of nitrogens with zero attached hydrogens (tertiary/aromatic N) is 2. The van der Waals surface area contributed by atoms with Gasteiger partial charge >= 0.3 is 5.97 Å². The van der Waals surface area contributed by atoms with Crippen LogP contribution in [0.25, 0.3) is 5.82 Å². The molecule has 128 valence electrons. The molecule has 1 amide bonds. The fourth-order valence-electron chi connectivity index (χ4n) is 3.40. The average molecular weight is 331 g/mol. The topological polar surface area (TPSA) is 97.4 Å². The van der Waals surface area contributed by atoms with E-state index in [1.54, 1.807) is 0 Å². The summed E-state index contributed by atoms with van der Waals surface area (Å²) in [6.07, 6.45) is 1.80. The lowest BCUT2D eigenvalue weighted by atomic mass is 10.1. The first-order valence-corrected chi connectivity index (χ1v) is 8.03. The molecule has 0 unspecified atom stereocenters. The molecule has 1 aliphatic carbocycles. The Morgan fingerprint density at radius 1 is 1.29 bits per heavy atom. The van der Waals surface area contributed by atoms with Crippen LogP contribution in [0.5, 0.6) is 0 Å². The molecule has 2 heterocycles. The van der Waals surface area contributed by atoms with Crippen LogP contribution >= 0.6 is 0 Å². The minimum atomic E-state index is -0.786. The molecule has 0 aliphatic heterocycles. The van der Waals surface area contributed by atoms with Gasteiger partial charge in [-0.05, 0) is 46.1 Å². The summed E-state index contributed by atoms with van der Waals surface area (Å²) in [5.41, 5.74) is 2.25. The molecule has 0 radical (unpaired) electrons. The van der Waals surface area contributed by atoms with Crippen molar-refractivity contribution in [2.75, 3.05) is 0 Å². The molecular weight excluding hydrogens is 310 g/mol. The van der Waals surface area contributed by atoms with E-state index in [0.717, 1.165) is 11.4 Å². The van der Waals surface area contributed by atoms with Gasteiger partial charge in [-0.2, -0.15) is 0 Å². The average Bonchev–Trinajstić information content (AvgIpc) is 3.19. The lowest BCUT2D eigenvalue weighted by molar-refractivity contribution is -0.141. The van der Waals surface area contributed by atoms with Gasteiger partial charge in [0.25, 0.3) is 5.91 Å². The van der Waals surface area contributed by atoms with Gasteiger partial charge in [-0.1, -0.05) is 5.16 Å². The fraction of sp³-hybridized carbons (Fsp3) is 0.471. The summed E-state index contributed by atoms with van der Waals surface area (Å²) in [4.78, 5) is 23.6. The second-order valence-corrected chi connectivity index (χ2v) is 6.43. The zero-order chi connectivity index (χ0) is 17.4. The summed E-state index contributed by atoms with van der Waals surface area (Å²) in [7, 11) is 0. The first kappa shape index (κ1) is 16.3. The van der Waals surface area contributed by atoms with Crippen molar-refractivity contribution in [2.24, 2.45) is 5.92 Å². The van der Waals surface area contributed by atoms with Crippen LogP contribution in [0.2, 0.25) is 0 Å². The van der Waals surface area contributed by atoms with Crippen LogP contribution in [0.4, 0.5) is 0 Å². The molecule has 0 aromatic carbocycles. The SMILES string of the molecule is Cc1cc(-n2c(C)cc(C(=O)N[C@H]3CC[C@@H](C(=O)O)C3)c2C)no1. The molecule has 1 saturated carbocycles. The molecule has 2 atom stereocenters. The molecule has 1 fully saturated rings. The molecule has 7 nitrogen and oxygen atoms in total. The van der Waals surface area contributed by atoms with E-state index in [1.165, 1.54) is 0 Å². The summed E-state index contributed by atoms with van der Waals surface area (Å²) < 4.78 is 6.99. The van der Waals surface area contributed by atoms with Crippen molar-refractivity contribution in [3.63, 3.8) is 0 Å². The van der Waals surface area contributed by atoms with E-state index in [-0.39, 0.29) is 17.9 Å². The Hall–Kier alpha value is -2.57. The third-order valence-corrected chi connectivity index (χ3v) is 4.64. The van der Waals surface area contributed by atoms with Gasteiger partial charge in [0.15, 0.2) is 5.82 Å². The number of carbonyl (C=O) groups is 2. The molecule has 0 spiro atoms. The van der Waals surface area contributed by atoms with Gasteiger partial charge in [-0.25, -0.2) is 0 Å². The number of carboxylic acid groups (broad SMARTS) is 1. The van der Waals surface area contributed by atoms with E-state index in [4.69, 9.17) is 9.63 Å². The molecule has 0 saturated heterocycles. The number of carboxylic acids is 1. The Morgan fingerprint density at radius 3 is 2.62 bits per heavy atom. The highest BCUT2D eigenvalue weighted by atomic mass is 16.5. The number of nitrogens with one attached hydrogen (secondary N) is 1. The van der Waals surface area contributed by atoms with Gasteiger partial charge < -0.3 is 14.9 Å². The van der Waals surface area contributed by atoms with Crippen LogP contribution in [0.1, 0.15) is 46.8 Å². The largest absolute Gasteiger partial charge is 0.481 e. The Labute approximate surface area is 139 Å². The summed E-state index contributed by atoms with van der Waals surface area (Å²) >= 11 is 0. The number of rotatable bonds is 4. The van der Waals surface area contributed by atoms with Crippen LogP contribution in [0.3, 0.4) is 0 Å². The maximum absolute atomic E-state index is 12.6.